The quantitative estimate of drug-likeness (QED) is 0.708. The summed E-state index contributed by atoms with van der Waals surface area (Å²) < 4.78 is 8.26. The fraction of sp³-hybridized carbons (Fsp3) is 0.300. The molecule has 136 valence electrons. The fourth-order valence-corrected chi connectivity index (χ4v) is 3.08. The number of nitrogens with zero attached hydrogens (tertiary/aromatic N) is 3. The van der Waals surface area contributed by atoms with Gasteiger partial charge in [-0.3, -0.25) is 13.9 Å². The van der Waals surface area contributed by atoms with Gasteiger partial charge in [0.2, 0.25) is 5.91 Å². The second-order valence-electron chi connectivity index (χ2n) is 6.37. The zero-order valence-electron chi connectivity index (χ0n) is 15.5. The number of carbonyl (C=O) groups excluding carboxylic acids is 1. The smallest absolute Gasteiger partial charge is 0.329 e. The van der Waals surface area contributed by atoms with Gasteiger partial charge in [0.15, 0.2) is 0 Å². The first-order valence-corrected chi connectivity index (χ1v) is 8.48. The molecule has 0 spiro atoms. The van der Waals surface area contributed by atoms with Crippen LogP contribution in [0.25, 0.3) is 11.0 Å². The molecule has 3 aromatic rings. The molecule has 0 radical (unpaired) electrons. The number of aryl methyl sites for hydroxylation is 1. The molecule has 0 aliphatic rings. The average Bonchev–Trinajstić information content (AvgIpc) is 2.92. The van der Waals surface area contributed by atoms with E-state index in [1.807, 2.05) is 55.5 Å². The van der Waals surface area contributed by atoms with Crippen molar-refractivity contribution in [1.82, 2.24) is 14.0 Å². The van der Waals surface area contributed by atoms with E-state index in [1.165, 1.54) is 4.57 Å². The molecule has 0 N–H and O–H groups in total. The molecule has 1 aromatic heterocycles. The lowest BCUT2D eigenvalue weighted by Crippen LogP contribution is -2.35. The van der Waals surface area contributed by atoms with Crippen LogP contribution in [0.15, 0.2) is 53.3 Å². The first-order chi connectivity index (χ1) is 12.4. The molecule has 6 heteroatoms. The highest BCUT2D eigenvalue weighted by Crippen LogP contribution is 2.22. The number of carbonyl (C=O) groups is 1. The Morgan fingerprint density at radius 1 is 1.12 bits per heavy atom. The summed E-state index contributed by atoms with van der Waals surface area (Å²) in [4.78, 5) is 26.9. The van der Waals surface area contributed by atoms with Crippen molar-refractivity contribution in [2.45, 2.75) is 19.5 Å². The fourth-order valence-electron chi connectivity index (χ4n) is 3.08. The molecule has 0 saturated carbocycles. The van der Waals surface area contributed by atoms with Gasteiger partial charge in [-0.15, -0.1) is 0 Å². The number of aromatic nitrogens is 2. The monoisotopic (exact) mass is 353 g/mol. The van der Waals surface area contributed by atoms with Crippen LogP contribution in [-0.4, -0.2) is 34.1 Å². The van der Waals surface area contributed by atoms with Gasteiger partial charge in [0.25, 0.3) is 0 Å². The maximum atomic E-state index is 12.8. The summed E-state index contributed by atoms with van der Waals surface area (Å²) in [5.41, 5.74) is 2.40. The van der Waals surface area contributed by atoms with E-state index in [0.717, 1.165) is 22.3 Å². The van der Waals surface area contributed by atoms with Gasteiger partial charge < -0.3 is 9.64 Å². The summed E-state index contributed by atoms with van der Waals surface area (Å²) in [5.74, 6) is 0.656. The molecular formula is C20H23N3O3. The Hall–Kier alpha value is -3.02. The third-order valence-electron chi connectivity index (χ3n) is 4.92. The summed E-state index contributed by atoms with van der Waals surface area (Å²) in [7, 11) is 5.10. The van der Waals surface area contributed by atoms with Crippen LogP contribution in [0.5, 0.6) is 5.75 Å². The topological polar surface area (TPSA) is 56.5 Å². The second-order valence-corrected chi connectivity index (χ2v) is 6.37. The number of ether oxygens (including phenoxy) is 1. The SMILES string of the molecule is COc1ccc(C(C)N(C)C(=O)Cn2c(=O)n(C)c3ccccc32)cc1. The van der Waals surface area contributed by atoms with Gasteiger partial charge in [-0.1, -0.05) is 24.3 Å². The zero-order chi connectivity index (χ0) is 18.8. The van der Waals surface area contributed by atoms with Crippen LogP contribution >= 0.6 is 0 Å². The zero-order valence-corrected chi connectivity index (χ0v) is 15.5. The predicted molar refractivity (Wildman–Crippen MR) is 101 cm³/mol. The Kier molecular flexibility index (Phi) is 4.84. The van der Waals surface area contributed by atoms with Crippen molar-refractivity contribution in [3.63, 3.8) is 0 Å². The standard InChI is InChI=1S/C20H23N3O3/c1-14(15-9-11-16(26-4)12-10-15)21(2)19(24)13-23-18-8-6-5-7-17(18)22(3)20(23)25/h5-12,14H,13H2,1-4H3. The number of fused-ring (bicyclic) bond motifs is 1. The maximum Gasteiger partial charge on any atom is 0.329 e. The Morgan fingerprint density at radius 2 is 1.73 bits per heavy atom. The summed E-state index contributed by atoms with van der Waals surface area (Å²) in [5, 5.41) is 0. The molecule has 1 amide bonds. The van der Waals surface area contributed by atoms with Crippen LogP contribution < -0.4 is 10.4 Å². The van der Waals surface area contributed by atoms with Gasteiger partial charge in [-0.25, -0.2) is 4.79 Å². The molecule has 0 aliphatic carbocycles. The molecule has 26 heavy (non-hydrogen) atoms. The molecule has 3 rings (SSSR count). The molecule has 0 saturated heterocycles. The van der Waals surface area contributed by atoms with Crippen LogP contribution in [0, 0.1) is 0 Å². The average molecular weight is 353 g/mol. The highest BCUT2D eigenvalue weighted by Gasteiger charge is 2.20. The molecule has 0 bridgehead atoms. The minimum absolute atomic E-state index is 0.0111. The number of hydrogen-bond donors (Lipinski definition) is 0. The van der Waals surface area contributed by atoms with Crippen LogP contribution in [0.4, 0.5) is 0 Å². The second kappa shape index (κ2) is 7.07. The van der Waals surface area contributed by atoms with Crippen LogP contribution in [0.3, 0.4) is 0 Å². The molecule has 1 atom stereocenters. The van der Waals surface area contributed by atoms with Gasteiger partial charge in [0, 0.05) is 14.1 Å². The highest BCUT2D eigenvalue weighted by molar-refractivity contribution is 5.81. The Bertz CT molecular complexity index is 986. The molecule has 0 aliphatic heterocycles. The van der Waals surface area contributed by atoms with Crippen molar-refractivity contribution in [3.05, 3.63) is 64.6 Å². The number of benzene rings is 2. The first-order valence-electron chi connectivity index (χ1n) is 8.48. The molecule has 6 nitrogen and oxygen atoms in total. The molecule has 2 aromatic carbocycles. The first kappa shape index (κ1) is 17.8. The largest absolute Gasteiger partial charge is 0.497 e. The molecule has 1 unspecified atom stereocenters. The summed E-state index contributed by atoms with van der Waals surface area (Å²) in [6.07, 6.45) is 0. The Morgan fingerprint density at radius 3 is 2.35 bits per heavy atom. The minimum atomic E-state index is -0.190. The number of amides is 1. The van der Waals surface area contributed by atoms with Crippen molar-refractivity contribution in [3.8, 4) is 5.75 Å². The van der Waals surface area contributed by atoms with E-state index in [2.05, 4.69) is 0 Å². The molecule has 1 heterocycles. The number of likely N-dealkylation sites (N-methyl/N-ethyl adjacent to an activating group) is 1. The van der Waals surface area contributed by atoms with Crippen LogP contribution in [0.2, 0.25) is 0 Å². The van der Waals surface area contributed by atoms with E-state index in [9.17, 15) is 9.59 Å². The number of para-hydroxylation sites is 2. The maximum absolute atomic E-state index is 12.8. The van der Waals surface area contributed by atoms with Gasteiger partial charge in [0.1, 0.15) is 12.3 Å². The van der Waals surface area contributed by atoms with Crippen molar-refractivity contribution in [2.75, 3.05) is 14.2 Å². The van der Waals surface area contributed by atoms with E-state index in [-0.39, 0.29) is 24.2 Å². The number of imidazole rings is 1. The number of methoxy groups -OCH3 is 1. The van der Waals surface area contributed by atoms with Crippen molar-refractivity contribution in [1.29, 1.82) is 0 Å². The van der Waals surface area contributed by atoms with E-state index >= 15 is 0 Å². The van der Waals surface area contributed by atoms with Crippen LogP contribution in [0.1, 0.15) is 18.5 Å². The number of rotatable bonds is 5. The molecule has 0 fully saturated rings. The third-order valence-corrected chi connectivity index (χ3v) is 4.92. The number of hydrogen-bond acceptors (Lipinski definition) is 3. The van der Waals surface area contributed by atoms with E-state index < -0.39 is 0 Å². The van der Waals surface area contributed by atoms with Crippen molar-refractivity contribution in [2.24, 2.45) is 7.05 Å². The van der Waals surface area contributed by atoms with Crippen LogP contribution in [-0.2, 0) is 18.4 Å². The summed E-state index contributed by atoms with van der Waals surface area (Å²) in [6.45, 7) is 1.97. The van der Waals surface area contributed by atoms with E-state index in [1.54, 1.807) is 30.7 Å². The lowest BCUT2D eigenvalue weighted by atomic mass is 10.1. The highest BCUT2D eigenvalue weighted by atomic mass is 16.5. The van der Waals surface area contributed by atoms with Gasteiger partial charge in [-0.05, 0) is 36.8 Å². The van der Waals surface area contributed by atoms with Gasteiger partial charge in [0.05, 0.1) is 24.2 Å². The normalized spacial score (nSPS) is 12.2. The summed E-state index contributed by atoms with van der Waals surface area (Å²) in [6, 6.07) is 15.0. The molecular weight excluding hydrogens is 330 g/mol. The minimum Gasteiger partial charge on any atom is -0.497 e. The predicted octanol–water partition coefficient (Wildman–Crippen LogP) is 2.57. The van der Waals surface area contributed by atoms with E-state index in [0.29, 0.717) is 0 Å². The lowest BCUT2D eigenvalue weighted by Gasteiger charge is -2.25. The Balaban J connectivity index is 1.83. The lowest BCUT2D eigenvalue weighted by molar-refractivity contribution is -0.132. The third kappa shape index (κ3) is 3.10. The van der Waals surface area contributed by atoms with Crippen molar-refractivity contribution >= 4 is 16.9 Å². The van der Waals surface area contributed by atoms with Crippen molar-refractivity contribution < 1.29 is 9.53 Å². The Labute approximate surface area is 152 Å². The van der Waals surface area contributed by atoms with Gasteiger partial charge in [-0.2, -0.15) is 0 Å². The van der Waals surface area contributed by atoms with Gasteiger partial charge >= 0.3 is 5.69 Å². The summed E-state index contributed by atoms with van der Waals surface area (Å²) >= 11 is 0. The van der Waals surface area contributed by atoms with E-state index in [4.69, 9.17) is 4.74 Å².